The smallest absolute Gasteiger partial charge is 0.453 e. The third-order valence-corrected chi connectivity index (χ3v) is 5.79. The van der Waals surface area contributed by atoms with Crippen molar-refractivity contribution in [1.82, 2.24) is 5.32 Å². The van der Waals surface area contributed by atoms with Gasteiger partial charge in [-0.1, -0.05) is 12.1 Å². The van der Waals surface area contributed by atoms with Crippen molar-refractivity contribution in [1.29, 1.82) is 0 Å². The first-order valence-corrected chi connectivity index (χ1v) is 9.27. The van der Waals surface area contributed by atoms with E-state index < -0.39 is 0 Å². The third kappa shape index (κ3) is 3.83. The highest BCUT2D eigenvalue weighted by atomic mass is 16.7. The van der Waals surface area contributed by atoms with Crippen LogP contribution in [0.25, 0.3) is 0 Å². The van der Waals surface area contributed by atoms with E-state index in [4.69, 9.17) is 9.31 Å². The number of nitrogens with zero attached hydrogens (tertiary/aromatic N) is 1. The van der Waals surface area contributed by atoms with E-state index in [1.165, 1.54) is 12.8 Å². The molecule has 142 valence electrons. The van der Waals surface area contributed by atoms with Crippen LogP contribution in [-0.4, -0.2) is 50.7 Å². The monoisotopic (exact) mass is 360 g/mol. The molecule has 2 heterocycles. The van der Waals surface area contributed by atoms with Crippen molar-refractivity contribution < 1.29 is 18.8 Å². The zero-order valence-electron chi connectivity index (χ0n) is 16.4. The molecule has 3 rings (SSSR count). The van der Waals surface area contributed by atoms with Crippen molar-refractivity contribution in [3.05, 3.63) is 24.3 Å². The van der Waals surface area contributed by atoms with Gasteiger partial charge in [0.2, 0.25) is 0 Å². The summed E-state index contributed by atoms with van der Waals surface area (Å²) in [4.78, 5) is 13.7. The molecule has 26 heavy (non-hydrogen) atoms. The van der Waals surface area contributed by atoms with Crippen LogP contribution in [0.15, 0.2) is 24.3 Å². The van der Waals surface area contributed by atoms with Crippen molar-refractivity contribution in [3.63, 3.8) is 0 Å². The molecule has 2 aliphatic heterocycles. The van der Waals surface area contributed by atoms with E-state index in [1.54, 1.807) is 0 Å². The predicted molar refractivity (Wildman–Crippen MR) is 103 cm³/mol. The normalized spacial score (nSPS) is 22.3. The van der Waals surface area contributed by atoms with Crippen molar-refractivity contribution >= 4 is 24.4 Å². The lowest BCUT2D eigenvalue weighted by Gasteiger charge is -2.33. The second kappa shape index (κ2) is 7.12. The van der Waals surface area contributed by atoms with Crippen molar-refractivity contribution in [3.8, 4) is 0 Å². The Morgan fingerprint density at radius 3 is 2.15 bits per heavy atom. The Balaban J connectivity index is 1.58. The van der Waals surface area contributed by atoms with E-state index in [0.29, 0.717) is 0 Å². The number of carbonyl (C=O) groups is 1. The number of piperidine rings is 1. The maximum Gasteiger partial charge on any atom is 0.494 e. The maximum absolute atomic E-state index is 11.3. The van der Waals surface area contributed by atoms with Crippen LogP contribution in [0.1, 0.15) is 40.5 Å². The standard InChI is InChI=1S/C19H29BN2O4/c1-18(2)19(3,4)26-20(25-18)14-6-8-16(9-7-14)22-12-10-15(11-13-22)21-17(23)24-5/h6-9,15H,10-13H2,1-5H3,(H,21,23). The molecular weight excluding hydrogens is 331 g/mol. The lowest BCUT2D eigenvalue weighted by molar-refractivity contribution is 0.00578. The molecule has 0 bridgehead atoms. The predicted octanol–water partition coefficient (Wildman–Crippen LogP) is 2.31. The summed E-state index contributed by atoms with van der Waals surface area (Å²) in [5, 5.41) is 2.88. The minimum absolute atomic E-state index is 0.183. The molecule has 0 aromatic heterocycles. The van der Waals surface area contributed by atoms with Crippen LogP contribution in [0.3, 0.4) is 0 Å². The third-order valence-electron chi connectivity index (χ3n) is 5.79. The van der Waals surface area contributed by atoms with Gasteiger partial charge in [0.15, 0.2) is 0 Å². The number of carbonyl (C=O) groups excluding carboxylic acids is 1. The van der Waals surface area contributed by atoms with Crippen LogP contribution in [0, 0.1) is 0 Å². The molecule has 0 unspecified atom stereocenters. The summed E-state index contributed by atoms with van der Waals surface area (Å²) >= 11 is 0. The number of nitrogens with one attached hydrogen (secondary N) is 1. The number of hydrogen-bond donors (Lipinski definition) is 1. The lowest BCUT2D eigenvalue weighted by Crippen LogP contribution is -2.44. The molecule has 7 heteroatoms. The quantitative estimate of drug-likeness (QED) is 0.839. The Kier molecular flexibility index (Phi) is 5.22. The molecule has 6 nitrogen and oxygen atoms in total. The minimum atomic E-state index is -0.352. The fourth-order valence-corrected chi connectivity index (χ4v) is 3.33. The van der Waals surface area contributed by atoms with Crippen LogP contribution < -0.4 is 15.7 Å². The molecular formula is C19H29BN2O4. The number of anilines is 1. The van der Waals surface area contributed by atoms with E-state index in [-0.39, 0.29) is 30.5 Å². The molecule has 1 amide bonds. The summed E-state index contributed by atoms with van der Waals surface area (Å²) in [5.74, 6) is 0. The summed E-state index contributed by atoms with van der Waals surface area (Å²) in [7, 11) is 1.07. The molecule has 2 saturated heterocycles. The Morgan fingerprint density at radius 1 is 1.12 bits per heavy atom. The average molecular weight is 360 g/mol. The number of hydrogen-bond acceptors (Lipinski definition) is 5. The van der Waals surface area contributed by atoms with Crippen LogP contribution in [0.2, 0.25) is 0 Å². The van der Waals surface area contributed by atoms with Crippen molar-refractivity contribution in [2.24, 2.45) is 0 Å². The Morgan fingerprint density at radius 2 is 1.65 bits per heavy atom. The highest BCUT2D eigenvalue weighted by Gasteiger charge is 2.51. The maximum atomic E-state index is 11.3. The number of rotatable bonds is 3. The van der Waals surface area contributed by atoms with Gasteiger partial charge in [-0.25, -0.2) is 4.79 Å². The van der Waals surface area contributed by atoms with Gasteiger partial charge in [-0.05, 0) is 58.1 Å². The minimum Gasteiger partial charge on any atom is -0.453 e. The summed E-state index contributed by atoms with van der Waals surface area (Å²) < 4.78 is 16.9. The van der Waals surface area contributed by atoms with E-state index >= 15 is 0 Å². The van der Waals surface area contributed by atoms with Gasteiger partial charge in [-0.2, -0.15) is 0 Å². The summed E-state index contributed by atoms with van der Waals surface area (Å²) in [6, 6.07) is 8.58. The molecule has 0 atom stereocenters. The van der Waals surface area contributed by atoms with Gasteiger partial charge >= 0.3 is 13.2 Å². The number of methoxy groups -OCH3 is 1. The molecule has 1 N–H and O–H groups in total. The first-order chi connectivity index (χ1) is 12.2. The van der Waals surface area contributed by atoms with E-state index in [0.717, 1.165) is 31.4 Å². The fourth-order valence-electron chi connectivity index (χ4n) is 3.33. The van der Waals surface area contributed by atoms with Gasteiger partial charge in [-0.15, -0.1) is 0 Å². The zero-order chi connectivity index (χ0) is 18.9. The van der Waals surface area contributed by atoms with Crippen molar-refractivity contribution in [2.45, 2.75) is 57.8 Å². The summed E-state index contributed by atoms with van der Waals surface area (Å²) in [6.07, 6.45) is 1.47. The zero-order valence-corrected chi connectivity index (χ0v) is 16.4. The van der Waals surface area contributed by atoms with Gasteiger partial charge < -0.3 is 24.3 Å². The lowest BCUT2D eigenvalue weighted by atomic mass is 9.79. The topological polar surface area (TPSA) is 60.0 Å². The first kappa shape index (κ1) is 19.0. The largest absolute Gasteiger partial charge is 0.494 e. The van der Waals surface area contributed by atoms with E-state index in [2.05, 4.69) is 66.9 Å². The summed E-state index contributed by atoms with van der Waals surface area (Å²) in [5.41, 5.74) is 1.56. The van der Waals surface area contributed by atoms with Crippen molar-refractivity contribution in [2.75, 3.05) is 25.1 Å². The molecule has 0 aliphatic carbocycles. The number of amides is 1. The molecule has 2 fully saturated rings. The van der Waals surface area contributed by atoms with Gasteiger partial charge in [0.1, 0.15) is 0 Å². The molecule has 1 aromatic rings. The highest BCUT2D eigenvalue weighted by molar-refractivity contribution is 6.62. The van der Waals surface area contributed by atoms with Gasteiger partial charge in [-0.3, -0.25) is 0 Å². The second-order valence-corrected chi connectivity index (χ2v) is 8.08. The molecule has 1 aromatic carbocycles. The van der Waals surface area contributed by atoms with E-state index in [9.17, 15) is 4.79 Å². The van der Waals surface area contributed by atoms with Crippen LogP contribution in [-0.2, 0) is 14.0 Å². The molecule has 2 aliphatic rings. The first-order valence-electron chi connectivity index (χ1n) is 9.27. The molecule has 0 spiro atoms. The Hall–Kier alpha value is -1.73. The average Bonchev–Trinajstić information content (AvgIpc) is 2.83. The van der Waals surface area contributed by atoms with Crippen LogP contribution >= 0.6 is 0 Å². The SMILES string of the molecule is COC(=O)NC1CCN(c2ccc(B3OC(C)(C)C(C)(C)O3)cc2)CC1. The molecule has 0 radical (unpaired) electrons. The van der Waals surface area contributed by atoms with Crippen LogP contribution in [0.5, 0.6) is 0 Å². The number of ether oxygens (including phenoxy) is 1. The van der Waals surface area contributed by atoms with E-state index in [1.807, 2.05) is 0 Å². The molecule has 0 saturated carbocycles. The van der Waals surface area contributed by atoms with Gasteiger partial charge in [0.25, 0.3) is 0 Å². The van der Waals surface area contributed by atoms with Gasteiger partial charge in [0, 0.05) is 24.8 Å². The Labute approximate surface area is 156 Å². The highest BCUT2D eigenvalue weighted by Crippen LogP contribution is 2.36. The van der Waals surface area contributed by atoms with Crippen LogP contribution in [0.4, 0.5) is 10.5 Å². The Bertz CT molecular complexity index is 623. The second-order valence-electron chi connectivity index (χ2n) is 8.08. The number of alkyl carbamates (subject to hydrolysis) is 1. The van der Waals surface area contributed by atoms with Gasteiger partial charge in [0.05, 0.1) is 18.3 Å². The fraction of sp³-hybridized carbons (Fsp3) is 0.632. The summed E-state index contributed by atoms with van der Waals surface area (Å²) in [6.45, 7) is 10.1. The number of benzene rings is 1.